The largest absolute Gasteiger partial charge is 0.508 e. The van der Waals surface area contributed by atoms with Crippen LogP contribution in [0, 0.1) is 6.92 Å². The van der Waals surface area contributed by atoms with E-state index in [1.165, 1.54) is 0 Å². The molecule has 4 aromatic rings. The smallest absolute Gasteiger partial charge is 0.495 e. The minimum Gasteiger partial charge on any atom is -0.508 e. The van der Waals surface area contributed by atoms with Crippen molar-refractivity contribution < 1.29 is 19.2 Å². The van der Waals surface area contributed by atoms with Crippen LogP contribution in [0.25, 0.3) is 16.9 Å². The van der Waals surface area contributed by atoms with E-state index < -0.39 is 18.3 Å². The van der Waals surface area contributed by atoms with Crippen molar-refractivity contribution in [1.29, 1.82) is 0 Å². The Hall–Kier alpha value is -3.56. The van der Waals surface area contributed by atoms with Crippen molar-refractivity contribution >= 4 is 29.3 Å². The summed E-state index contributed by atoms with van der Waals surface area (Å²) in [4.78, 5) is 9.84. The summed E-state index contributed by atoms with van der Waals surface area (Å²) in [6.07, 6.45) is 1.76. The maximum absolute atomic E-state index is 9.87. The highest BCUT2D eigenvalue weighted by atomic mass is 16.7. The van der Waals surface area contributed by atoms with Gasteiger partial charge in [0.25, 0.3) is 0 Å². The van der Waals surface area contributed by atoms with Gasteiger partial charge in [0.05, 0.1) is 28.9 Å². The predicted octanol–water partition coefficient (Wildman–Crippen LogP) is 4.67. The summed E-state index contributed by atoms with van der Waals surface area (Å²) in [5, 5.41) is 14.4. The number of aromatic hydroxyl groups is 1. The van der Waals surface area contributed by atoms with Crippen molar-refractivity contribution in [2.45, 2.75) is 65.2 Å². The summed E-state index contributed by atoms with van der Waals surface area (Å²) in [6.45, 7) is 11.5. The molecule has 9 heteroatoms. The van der Waals surface area contributed by atoms with Gasteiger partial charge in [-0.1, -0.05) is 24.3 Å². The van der Waals surface area contributed by atoms with Crippen LogP contribution in [-0.4, -0.2) is 44.6 Å². The van der Waals surface area contributed by atoms with E-state index in [0.717, 1.165) is 51.8 Å². The lowest BCUT2D eigenvalue weighted by Gasteiger charge is -2.32. The number of fused-ring (bicyclic) bond motifs is 2. The Balaban J connectivity index is 1.41. The van der Waals surface area contributed by atoms with E-state index in [2.05, 4.69) is 62.7 Å². The van der Waals surface area contributed by atoms with Crippen LogP contribution in [-0.2, 0) is 22.3 Å². The number of benzene rings is 2. The highest BCUT2D eigenvalue weighted by molar-refractivity contribution is 6.65. The fourth-order valence-corrected chi connectivity index (χ4v) is 5.14. The molecule has 38 heavy (non-hydrogen) atoms. The Kier molecular flexibility index (Phi) is 5.88. The van der Waals surface area contributed by atoms with Crippen molar-refractivity contribution in [3.63, 3.8) is 0 Å². The molecule has 1 fully saturated rings. The second-order valence-electron chi connectivity index (χ2n) is 11.1. The molecule has 0 aliphatic carbocycles. The molecule has 0 atom stereocenters. The number of nitrogens with one attached hydrogen (secondary N) is 1. The normalized spacial score (nSPS) is 17.9. The molecule has 0 amide bonds. The number of aromatic nitrogens is 3. The number of phenols is 1. The monoisotopic (exact) mass is 512 g/mol. The zero-order chi connectivity index (χ0) is 26.7. The van der Waals surface area contributed by atoms with Crippen LogP contribution >= 0.6 is 0 Å². The molecule has 2 aromatic heterocycles. The van der Waals surface area contributed by atoms with Crippen LogP contribution in [0.3, 0.4) is 0 Å². The van der Waals surface area contributed by atoms with Crippen LogP contribution in [0.1, 0.15) is 50.9 Å². The van der Waals surface area contributed by atoms with E-state index in [-0.39, 0.29) is 5.75 Å². The highest BCUT2D eigenvalue weighted by Gasteiger charge is 2.52. The lowest BCUT2D eigenvalue weighted by Crippen LogP contribution is -2.41. The van der Waals surface area contributed by atoms with Crippen LogP contribution in [0.4, 0.5) is 5.82 Å². The summed E-state index contributed by atoms with van der Waals surface area (Å²) >= 11 is 0. The maximum Gasteiger partial charge on any atom is 0.495 e. The van der Waals surface area contributed by atoms with Gasteiger partial charge < -0.3 is 24.5 Å². The van der Waals surface area contributed by atoms with Crippen LogP contribution in [0.15, 0.2) is 48.5 Å². The molecule has 6 rings (SSSR count). The van der Waals surface area contributed by atoms with Gasteiger partial charge in [-0.2, -0.15) is 9.97 Å². The molecule has 2 aliphatic heterocycles. The fraction of sp³-hybridized carbons (Fsp3) is 0.379. The van der Waals surface area contributed by atoms with Gasteiger partial charge in [0, 0.05) is 17.6 Å². The Morgan fingerprint density at radius 2 is 1.79 bits per heavy atom. The first-order valence-electron chi connectivity index (χ1n) is 13.2. The predicted molar refractivity (Wildman–Crippen MR) is 149 cm³/mol. The van der Waals surface area contributed by atoms with Crippen molar-refractivity contribution in [3.05, 3.63) is 65.4 Å². The molecule has 0 radical (unpaired) electrons. The highest BCUT2D eigenvalue weighted by Crippen LogP contribution is 2.37. The Morgan fingerprint density at radius 1 is 1.03 bits per heavy atom. The molecule has 4 heterocycles. The molecule has 2 aromatic carbocycles. The van der Waals surface area contributed by atoms with Gasteiger partial charge in [0.1, 0.15) is 11.6 Å². The lowest BCUT2D eigenvalue weighted by atomic mass is 9.77. The number of anilines is 1. The molecule has 2 aliphatic rings. The van der Waals surface area contributed by atoms with Gasteiger partial charge in [-0.05, 0) is 82.8 Å². The summed E-state index contributed by atoms with van der Waals surface area (Å²) in [7, 11) is -0.466. The third kappa shape index (κ3) is 4.20. The minimum absolute atomic E-state index is 0.241. The Labute approximate surface area is 223 Å². The first kappa shape index (κ1) is 24.8. The third-order valence-corrected chi connectivity index (χ3v) is 7.91. The number of aryl methyl sites for hydroxylation is 1. The number of rotatable bonds is 5. The van der Waals surface area contributed by atoms with Gasteiger partial charge in [0.15, 0.2) is 0 Å². The summed E-state index contributed by atoms with van der Waals surface area (Å²) < 4.78 is 20.8. The molecule has 0 unspecified atom stereocenters. The number of ether oxygens (including phenoxy) is 1. The molecule has 1 saturated heterocycles. The average molecular weight is 512 g/mol. The van der Waals surface area contributed by atoms with E-state index >= 15 is 0 Å². The van der Waals surface area contributed by atoms with E-state index in [9.17, 15) is 5.11 Å². The molecule has 0 spiro atoms. The minimum atomic E-state index is -0.466. The summed E-state index contributed by atoms with van der Waals surface area (Å²) in [5.41, 5.74) is 4.05. The SMILES string of the molecule is Cc1cc2c(B3OC(C)(C)C(C)(C)O3)cccc2n1-c1nc(NCc2cccc(O)c2)c2c(n1)OCCC2. The van der Waals surface area contributed by atoms with Crippen molar-refractivity contribution in [2.75, 3.05) is 11.9 Å². The maximum atomic E-state index is 9.87. The second kappa shape index (κ2) is 9.03. The van der Waals surface area contributed by atoms with E-state index in [0.29, 0.717) is 25.0 Å². The fourth-order valence-electron chi connectivity index (χ4n) is 5.14. The van der Waals surface area contributed by atoms with Crippen LogP contribution < -0.4 is 15.5 Å². The number of phenolic OH excluding ortho intramolecular Hbond substituents is 1. The van der Waals surface area contributed by atoms with Gasteiger partial charge in [-0.25, -0.2) is 0 Å². The first-order chi connectivity index (χ1) is 18.1. The summed E-state index contributed by atoms with van der Waals surface area (Å²) in [6, 6.07) is 15.5. The molecule has 2 N–H and O–H groups in total. The van der Waals surface area contributed by atoms with Crippen molar-refractivity contribution in [3.8, 4) is 17.6 Å². The molecule has 196 valence electrons. The van der Waals surface area contributed by atoms with E-state index in [4.69, 9.17) is 24.0 Å². The van der Waals surface area contributed by atoms with Crippen LogP contribution in [0.5, 0.6) is 11.6 Å². The Bertz CT molecular complexity index is 1510. The standard InChI is InChI=1S/C29H33BN4O4/c1-18-15-22-23(30-37-28(2,3)29(4,5)38-30)12-7-13-24(22)34(18)27-32-25(21-11-8-14-36-26(21)33-27)31-17-19-9-6-10-20(35)16-19/h6-7,9-10,12-13,15-16,35H,8,11,14,17H2,1-5H3,(H,31,32,33). The Morgan fingerprint density at radius 3 is 2.55 bits per heavy atom. The number of nitrogens with zero attached hydrogens (tertiary/aromatic N) is 3. The molecular formula is C29H33BN4O4. The number of hydrogen-bond donors (Lipinski definition) is 2. The zero-order valence-corrected chi connectivity index (χ0v) is 22.5. The van der Waals surface area contributed by atoms with Crippen LogP contribution in [0.2, 0.25) is 0 Å². The topological polar surface area (TPSA) is 90.7 Å². The molecule has 0 saturated carbocycles. The van der Waals surface area contributed by atoms with Gasteiger partial charge in [-0.3, -0.25) is 4.57 Å². The van der Waals surface area contributed by atoms with Gasteiger partial charge >= 0.3 is 7.12 Å². The molecule has 8 nitrogen and oxygen atoms in total. The third-order valence-electron chi connectivity index (χ3n) is 7.91. The summed E-state index contributed by atoms with van der Waals surface area (Å²) in [5.74, 6) is 2.15. The molecule has 0 bridgehead atoms. The zero-order valence-electron chi connectivity index (χ0n) is 22.5. The van der Waals surface area contributed by atoms with Gasteiger partial charge in [0.2, 0.25) is 11.8 Å². The van der Waals surface area contributed by atoms with E-state index in [1.54, 1.807) is 12.1 Å². The number of hydrogen-bond acceptors (Lipinski definition) is 7. The lowest BCUT2D eigenvalue weighted by molar-refractivity contribution is 0.00578. The second-order valence-corrected chi connectivity index (χ2v) is 11.1. The van der Waals surface area contributed by atoms with E-state index in [1.807, 2.05) is 18.2 Å². The first-order valence-corrected chi connectivity index (χ1v) is 13.2. The van der Waals surface area contributed by atoms with Crippen molar-refractivity contribution in [1.82, 2.24) is 14.5 Å². The van der Waals surface area contributed by atoms with Crippen molar-refractivity contribution in [2.24, 2.45) is 0 Å². The molecular weight excluding hydrogens is 479 g/mol. The van der Waals surface area contributed by atoms with Gasteiger partial charge in [-0.15, -0.1) is 0 Å². The quantitative estimate of drug-likeness (QED) is 0.376. The average Bonchev–Trinajstić information content (AvgIpc) is 3.32.